The van der Waals surface area contributed by atoms with E-state index in [1.807, 2.05) is 103 Å². The third kappa shape index (κ3) is 6.02. The van der Waals surface area contributed by atoms with Crippen LogP contribution in [0.1, 0.15) is 0 Å². The smallest absolute Gasteiger partial charge is 0.376 e. The molecule has 8 aromatic rings. The van der Waals surface area contributed by atoms with Crippen molar-refractivity contribution in [1.29, 1.82) is 0 Å². The Morgan fingerprint density at radius 1 is 0.510 bits per heavy atom. The highest BCUT2D eigenvalue weighted by atomic mass is 32.2. The van der Waals surface area contributed by atoms with E-state index in [9.17, 15) is 21.6 Å². The van der Waals surface area contributed by atoms with Gasteiger partial charge in [-0.2, -0.15) is 21.6 Å². The maximum Gasteiger partial charge on any atom is 0.534 e. The van der Waals surface area contributed by atoms with Crippen molar-refractivity contribution >= 4 is 86.5 Å². The van der Waals surface area contributed by atoms with Crippen LogP contribution in [0.15, 0.2) is 164 Å². The van der Waals surface area contributed by atoms with E-state index in [2.05, 4.69) is 56.4 Å². The SMILES string of the molecule is O=S(=O)(Oc1ccc2c(N(c3ccccc3)c3ccccc3)c3c(cc2c1)sc1cc(N(c2ccccc2)c2ccccc2)ccc13)C(F)(F)F. The third-order valence-corrected chi connectivity index (χ3v) is 10.6. The fourth-order valence-electron chi connectivity index (χ4n) is 6.36. The molecule has 0 aliphatic carbocycles. The first kappa shape index (κ1) is 32.4. The average molecular weight is 717 g/mol. The van der Waals surface area contributed by atoms with Crippen LogP contribution in [-0.4, -0.2) is 13.9 Å². The molecule has 0 radical (unpaired) electrons. The minimum Gasteiger partial charge on any atom is -0.376 e. The summed E-state index contributed by atoms with van der Waals surface area (Å²) in [6, 6.07) is 52.3. The van der Waals surface area contributed by atoms with E-state index in [-0.39, 0.29) is 0 Å². The van der Waals surface area contributed by atoms with E-state index in [1.54, 1.807) is 17.4 Å². The Labute approximate surface area is 296 Å². The first-order chi connectivity index (χ1) is 24.7. The van der Waals surface area contributed by atoms with Crippen molar-refractivity contribution in [2.45, 2.75) is 5.51 Å². The molecule has 0 atom stereocenters. The predicted molar refractivity (Wildman–Crippen MR) is 202 cm³/mol. The van der Waals surface area contributed by atoms with Gasteiger partial charge in [0.05, 0.1) is 5.69 Å². The Hall–Kier alpha value is -5.84. The normalized spacial score (nSPS) is 12.0. The van der Waals surface area contributed by atoms with E-state index in [0.717, 1.165) is 54.3 Å². The molecular formula is C41H27F3N2O3S2. The molecule has 51 heavy (non-hydrogen) atoms. The van der Waals surface area contributed by atoms with E-state index in [1.165, 1.54) is 12.1 Å². The van der Waals surface area contributed by atoms with Crippen molar-refractivity contribution in [2.24, 2.45) is 0 Å². The predicted octanol–water partition coefficient (Wildman–Crippen LogP) is 12.4. The number of hydrogen-bond donors (Lipinski definition) is 0. The highest BCUT2D eigenvalue weighted by Crippen LogP contribution is 2.50. The minimum atomic E-state index is -5.87. The number of alkyl halides is 3. The Morgan fingerprint density at radius 3 is 1.51 bits per heavy atom. The molecule has 0 saturated heterocycles. The highest BCUT2D eigenvalue weighted by Gasteiger charge is 2.48. The van der Waals surface area contributed by atoms with Gasteiger partial charge in [-0.05, 0) is 90.3 Å². The maximum atomic E-state index is 13.3. The van der Waals surface area contributed by atoms with E-state index >= 15 is 0 Å². The van der Waals surface area contributed by atoms with Gasteiger partial charge in [0.25, 0.3) is 0 Å². The second-order valence-corrected chi connectivity index (χ2v) is 14.4. The average Bonchev–Trinajstić information content (AvgIpc) is 3.50. The number of anilines is 6. The number of benzene rings is 7. The summed E-state index contributed by atoms with van der Waals surface area (Å²) in [5.74, 6) is -0.430. The molecule has 0 amide bonds. The number of hydrogen-bond acceptors (Lipinski definition) is 6. The van der Waals surface area contributed by atoms with Crippen LogP contribution in [0.5, 0.6) is 5.75 Å². The van der Waals surface area contributed by atoms with E-state index in [0.29, 0.717) is 10.8 Å². The van der Waals surface area contributed by atoms with Crippen LogP contribution in [0.3, 0.4) is 0 Å². The van der Waals surface area contributed by atoms with Gasteiger partial charge in [0.1, 0.15) is 5.75 Å². The minimum absolute atomic E-state index is 0.430. The van der Waals surface area contributed by atoms with Crippen LogP contribution < -0.4 is 14.0 Å². The van der Waals surface area contributed by atoms with Crippen molar-refractivity contribution in [3.8, 4) is 5.75 Å². The second-order valence-electron chi connectivity index (χ2n) is 11.8. The Kier molecular flexibility index (Phi) is 8.13. The molecule has 1 aromatic heterocycles. The summed E-state index contributed by atoms with van der Waals surface area (Å²) in [7, 11) is -5.87. The van der Waals surface area contributed by atoms with Crippen molar-refractivity contribution in [1.82, 2.24) is 0 Å². The molecule has 0 unspecified atom stereocenters. The molecule has 0 spiro atoms. The molecule has 0 aliphatic heterocycles. The Balaban J connectivity index is 1.41. The number of thiophene rings is 1. The molecule has 7 aromatic carbocycles. The molecular weight excluding hydrogens is 690 g/mol. The van der Waals surface area contributed by atoms with Crippen molar-refractivity contribution in [3.63, 3.8) is 0 Å². The zero-order valence-electron chi connectivity index (χ0n) is 26.7. The topological polar surface area (TPSA) is 49.9 Å². The lowest BCUT2D eigenvalue weighted by Gasteiger charge is -2.28. The highest BCUT2D eigenvalue weighted by molar-refractivity contribution is 7.88. The largest absolute Gasteiger partial charge is 0.534 e. The van der Waals surface area contributed by atoms with Crippen LogP contribution in [0, 0.1) is 0 Å². The molecule has 5 nitrogen and oxygen atoms in total. The monoisotopic (exact) mass is 716 g/mol. The summed E-state index contributed by atoms with van der Waals surface area (Å²) >= 11 is 1.55. The lowest BCUT2D eigenvalue weighted by Crippen LogP contribution is -2.28. The van der Waals surface area contributed by atoms with E-state index < -0.39 is 21.4 Å². The molecule has 0 aliphatic rings. The zero-order chi connectivity index (χ0) is 35.2. The number of halogens is 3. The van der Waals surface area contributed by atoms with Gasteiger partial charge in [-0.15, -0.1) is 11.3 Å². The van der Waals surface area contributed by atoms with Gasteiger partial charge < -0.3 is 14.0 Å². The summed E-state index contributed by atoms with van der Waals surface area (Å²) in [6.45, 7) is 0. The van der Waals surface area contributed by atoms with Crippen LogP contribution in [0.25, 0.3) is 30.9 Å². The molecule has 0 fully saturated rings. The summed E-state index contributed by atoms with van der Waals surface area (Å²) in [6.07, 6.45) is 0. The molecule has 0 N–H and O–H groups in total. The summed E-state index contributed by atoms with van der Waals surface area (Å²) in [4.78, 5) is 4.31. The molecule has 0 bridgehead atoms. The van der Waals surface area contributed by atoms with Gasteiger partial charge in [0.15, 0.2) is 0 Å². The second kappa shape index (κ2) is 12.8. The Bertz CT molecular complexity index is 2540. The molecule has 8 rings (SSSR count). The summed E-state index contributed by atoms with van der Waals surface area (Å²) in [5.41, 5.74) is -0.0841. The standard InChI is InChI=1S/C41H27F3N2O3S2/c42-41(43,44)51(47,48)49-34-22-24-35-28(25-34)26-38-39(40(35)46(31-17-9-3-10-18-31)32-19-11-4-12-20-32)36-23-21-33(27-37(36)50-38)45(29-13-5-1-6-14-29)30-15-7-2-8-16-30/h1-27H. The number of para-hydroxylation sites is 4. The third-order valence-electron chi connectivity index (χ3n) is 8.53. The van der Waals surface area contributed by atoms with Crippen LogP contribution in [0.2, 0.25) is 0 Å². The van der Waals surface area contributed by atoms with Gasteiger partial charge in [-0.3, -0.25) is 0 Å². The van der Waals surface area contributed by atoms with Crippen LogP contribution in [-0.2, 0) is 10.1 Å². The number of nitrogens with zero attached hydrogens (tertiary/aromatic N) is 2. The van der Waals surface area contributed by atoms with Crippen molar-refractivity contribution in [3.05, 3.63) is 164 Å². The van der Waals surface area contributed by atoms with Crippen LogP contribution in [0.4, 0.5) is 47.3 Å². The lowest BCUT2D eigenvalue weighted by molar-refractivity contribution is -0.0500. The first-order valence-electron chi connectivity index (χ1n) is 15.9. The van der Waals surface area contributed by atoms with Gasteiger partial charge >= 0.3 is 15.6 Å². The first-order valence-corrected chi connectivity index (χ1v) is 18.1. The van der Waals surface area contributed by atoms with Crippen LogP contribution >= 0.6 is 11.3 Å². The Morgan fingerprint density at radius 2 is 1.00 bits per heavy atom. The van der Waals surface area contributed by atoms with Crippen molar-refractivity contribution in [2.75, 3.05) is 9.80 Å². The lowest BCUT2D eigenvalue weighted by atomic mass is 10.0. The fraction of sp³-hybridized carbons (Fsp3) is 0.0244. The molecule has 0 saturated carbocycles. The maximum absolute atomic E-state index is 13.3. The fourth-order valence-corrected chi connectivity index (χ4v) is 8.00. The quantitative estimate of drug-likeness (QED) is 0.116. The van der Waals surface area contributed by atoms with Gasteiger partial charge in [-0.25, -0.2) is 0 Å². The number of fused-ring (bicyclic) bond motifs is 4. The number of rotatable bonds is 8. The summed E-state index contributed by atoms with van der Waals surface area (Å²) in [5, 5.41) is 3.16. The zero-order valence-corrected chi connectivity index (χ0v) is 28.3. The van der Waals surface area contributed by atoms with Gasteiger partial charge in [0.2, 0.25) is 0 Å². The van der Waals surface area contributed by atoms with Gasteiger partial charge in [0, 0.05) is 54.0 Å². The van der Waals surface area contributed by atoms with E-state index in [4.69, 9.17) is 0 Å². The van der Waals surface area contributed by atoms with Crippen molar-refractivity contribution < 1.29 is 25.8 Å². The molecule has 10 heteroatoms. The van der Waals surface area contributed by atoms with Gasteiger partial charge in [-0.1, -0.05) is 78.9 Å². The molecule has 1 heterocycles. The summed E-state index contributed by atoms with van der Waals surface area (Å²) < 4.78 is 70.2. The molecule has 252 valence electrons.